The highest BCUT2D eigenvalue weighted by atomic mass is 35.5. The topological polar surface area (TPSA) is 49.6 Å². The molecule has 1 aliphatic heterocycles. The third kappa shape index (κ3) is 5.46. The molecule has 0 bridgehead atoms. The fraction of sp³-hybridized carbons (Fsp3) is 0.923. The van der Waals surface area contributed by atoms with E-state index >= 15 is 0 Å². The highest BCUT2D eigenvalue weighted by molar-refractivity contribution is 5.85. The maximum atomic E-state index is 12.2. The molecule has 0 spiro atoms. The Morgan fingerprint density at radius 1 is 1.32 bits per heavy atom. The number of halogens is 2. The number of likely N-dealkylation sites (tertiary alicyclic amines) is 1. The van der Waals surface area contributed by atoms with Gasteiger partial charge >= 0.3 is 0 Å². The standard InChI is InChI=1S/C13H27N3O.2ClH/c1-5-15(6-2)12-7-8-16(9-12)13(17)10(3)11(4)14;;/h10-12H,5-9,14H2,1-4H3;2*1H. The molecule has 3 unspecified atom stereocenters. The Labute approximate surface area is 129 Å². The third-order valence-electron chi connectivity index (χ3n) is 3.98. The van der Waals surface area contributed by atoms with E-state index in [1.807, 2.05) is 18.7 Å². The molecule has 4 nitrogen and oxygen atoms in total. The smallest absolute Gasteiger partial charge is 0.227 e. The van der Waals surface area contributed by atoms with Crippen LogP contribution >= 0.6 is 24.8 Å². The van der Waals surface area contributed by atoms with Gasteiger partial charge in [-0.2, -0.15) is 0 Å². The van der Waals surface area contributed by atoms with E-state index in [-0.39, 0.29) is 42.7 Å². The first kappa shape index (κ1) is 21.3. The first-order valence-electron chi connectivity index (χ1n) is 6.79. The normalized spacial score (nSPS) is 21.6. The molecular formula is C13H29Cl2N3O. The Bertz CT molecular complexity index is 260. The van der Waals surface area contributed by atoms with Crippen LogP contribution in [-0.2, 0) is 4.79 Å². The SMILES string of the molecule is CCN(CC)C1CCN(C(=O)C(C)C(C)N)C1.Cl.Cl. The number of hydrogen-bond acceptors (Lipinski definition) is 3. The van der Waals surface area contributed by atoms with Gasteiger partial charge in [-0.1, -0.05) is 20.8 Å². The van der Waals surface area contributed by atoms with Crippen molar-refractivity contribution in [2.24, 2.45) is 11.7 Å². The van der Waals surface area contributed by atoms with Gasteiger partial charge < -0.3 is 10.6 Å². The zero-order valence-corrected chi connectivity index (χ0v) is 14.1. The largest absolute Gasteiger partial charge is 0.341 e. The van der Waals surface area contributed by atoms with Crippen molar-refractivity contribution in [2.75, 3.05) is 26.2 Å². The predicted molar refractivity (Wildman–Crippen MR) is 85.2 cm³/mol. The van der Waals surface area contributed by atoms with E-state index in [4.69, 9.17) is 5.73 Å². The van der Waals surface area contributed by atoms with Crippen LogP contribution in [0.2, 0.25) is 0 Å². The maximum absolute atomic E-state index is 12.2. The molecule has 0 saturated carbocycles. The minimum atomic E-state index is -0.0644. The van der Waals surface area contributed by atoms with Gasteiger partial charge in [0.25, 0.3) is 0 Å². The van der Waals surface area contributed by atoms with Crippen molar-refractivity contribution >= 4 is 30.7 Å². The first-order chi connectivity index (χ1) is 8.01. The lowest BCUT2D eigenvalue weighted by Gasteiger charge is -2.27. The summed E-state index contributed by atoms with van der Waals surface area (Å²) < 4.78 is 0. The first-order valence-corrected chi connectivity index (χ1v) is 6.79. The molecule has 1 saturated heterocycles. The monoisotopic (exact) mass is 313 g/mol. The zero-order valence-electron chi connectivity index (χ0n) is 12.5. The Balaban J connectivity index is 0. The molecule has 3 atom stereocenters. The van der Waals surface area contributed by atoms with Gasteiger partial charge in [-0.25, -0.2) is 0 Å². The Hall–Kier alpha value is -0.0300. The van der Waals surface area contributed by atoms with E-state index in [2.05, 4.69) is 18.7 Å². The molecule has 0 aliphatic carbocycles. The van der Waals surface area contributed by atoms with Crippen LogP contribution in [-0.4, -0.2) is 54.0 Å². The molecule has 0 aromatic carbocycles. The van der Waals surface area contributed by atoms with Crippen molar-refractivity contribution in [3.05, 3.63) is 0 Å². The molecule has 1 aliphatic rings. The average molecular weight is 314 g/mol. The van der Waals surface area contributed by atoms with Crippen molar-refractivity contribution in [1.29, 1.82) is 0 Å². The highest BCUT2D eigenvalue weighted by Crippen LogP contribution is 2.18. The lowest BCUT2D eigenvalue weighted by atomic mass is 10.0. The van der Waals surface area contributed by atoms with Gasteiger partial charge in [-0.3, -0.25) is 9.69 Å². The van der Waals surface area contributed by atoms with Crippen LogP contribution in [0.3, 0.4) is 0 Å². The van der Waals surface area contributed by atoms with Crippen molar-refractivity contribution < 1.29 is 4.79 Å². The van der Waals surface area contributed by atoms with E-state index in [9.17, 15) is 4.79 Å². The molecular weight excluding hydrogens is 285 g/mol. The van der Waals surface area contributed by atoms with Gasteiger partial charge in [0.2, 0.25) is 5.91 Å². The molecule has 19 heavy (non-hydrogen) atoms. The van der Waals surface area contributed by atoms with E-state index < -0.39 is 0 Å². The molecule has 6 heteroatoms. The summed E-state index contributed by atoms with van der Waals surface area (Å²) in [5, 5.41) is 0. The molecule has 2 N–H and O–H groups in total. The quantitative estimate of drug-likeness (QED) is 0.841. The number of hydrogen-bond donors (Lipinski definition) is 1. The number of carbonyl (C=O) groups excluding carboxylic acids is 1. The summed E-state index contributed by atoms with van der Waals surface area (Å²) in [5.74, 6) is 0.153. The molecule has 0 aromatic rings. The summed E-state index contributed by atoms with van der Waals surface area (Å²) in [7, 11) is 0. The maximum Gasteiger partial charge on any atom is 0.227 e. The Kier molecular flexibility index (Phi) is 11.0. The van der Waals surface area contributed by atoms with Gasteiger partial charge in [0.1, 0.15) is 0 Å². The molecule has 1 rings (SSSR count). The second-order valence-corrected chi connectivity index (χ2v) is 5.10. The summed E-state index contributed by atoms with van der Waals surface area (Å²) in [6, 6.07) is 0.476. The molecule has 1 heterocycles. The van der Waals surface area contributed by atoms with Gasteiger partial charge in [0.05, 0.1) is 5.92 Å². The Morgan fingerprint density at radius 2 is 1.84 bits per heavy atom. The number of rotatable bonds is 5. The molecule has 116 valence electrons. The van der Waals surface area contributed by atoms with Gasteiger partial charge in [-0.05, 0) is 26.4 Å². The fourth-order valence-electron chi connectivity index (χ4n) is 2.49. The second-order valence-electron chi connectivity index (χ2n) is 5.10. The number of nitrogens with two attached hydrogens (primary N) is 1. The van der Waals surface area contributed by atoms with Gasteiger partial charge in [0, 0.05) is 25.2 Å². The van der Waals surface area contributed by atoms with Crippen LogP contribution in [0.1, 0.15) is 34.1 Å². The molecule has 1 amide bonds. The van der Waals surface area contributed by atoms with Gasteiger partial charge in [-0.15, -0.1) is 24.8 Å². The molecule has 0 aromatic heterocycles. The van der Waals surface area contributed by atoms with Gasteiger partial charge in [0.15, 0.2) is 0 Å². The van der Waals surface area contributed by atoms with Crippen molar-refractivity contribution in [3.8, 4) is 0 Å². The molecule has 1 fully saturated rings. The zero-order chi connectivity index (χ0) is 13.0. The summed E-state index contributed by atoms with van der Waals surface area (Å²) in [4.78, 5) is 16.6. The summed E-state index contributed by atoms with van der Waals surface area (Å²) in [6.45, 7) is 12.1. The van der Waals surface area contributed by atoms with Crippen LogP contribution in [0.25, 0.3) is 0 Å². The second kappa shape index (κ2) is 9.81. The van der Waals surface area contributed by atoms with Crippen molar-refractivity contribution in [1.82, 2.24) is 9.80 Å². The number of nitrogens with zero attached hydrogens (tertiary/aromatic N) is 2. The van der Waals surface area contributed by atoms with Crippen molar-refractivity contribution in [2.45, 2.75) is 46.2 Å². The predicted octanol–water partition coefficient (Wildman–Crippen LogP) is 1.76. The lowest BCUT2D eigenvalue weighted by Crippen LogP contribution is -2.43. The van der Waals surface area contributed by atoms with E-state index in [1.54, 1.807) is 0 Å². The summed E-state index contributed by atoms with van der Waals surface area (Å²) in [6.07, 6.45) is 1.10. The average Bonchev–Trinajstić information content (AvgIpc) is 2.78. The lowest BCUT2D eigenvalue weighted by molar-refractivity contribution is -0.134. The van der Waals surface area contributed by atoms with E-state index in [0.717, 1.165) is 32.6 Å². The number of amides is 1. The minimum absolute atomic E-state index is 0. The van der Waals surface area contributed by atoms with E-state index in [0.29, 0.717) is 6.04 Å². The minimum Gasteiger partial charge on any atom is -0.341 e. The van der Waals surface area contributed by atoms with Crippen LogP contribution in [0.15, 0.2) is 0 Å². The van der Waals surface area contributed by atoms with Crippen LogP contribution in [0.4, 0.5) is 0 Å². The number of likely N-dealkylation sites (N-methyl/N-ethyl adjacent to an activating group) is 1. The number of carbonyl (C=O) groups is 1. The van der Waals surface area contributed by atoms with Crippen LogP contribution in [0, 0.1) is 5.92 Å². The Morgan fingerprint density at radius 3 is 2.26 bits per heavy atom. The van der Waals surface area contributed by atoms with Crippen LogP contribution in [0.5, 0.6) is 0 Å². The summed E-state index contributed by atoms with van der Waals surface area (Å²) in [5.41, 5.74) is 5.79. The molecule has 0 radical (unpaired) electrons. The highest BCUT2D eigenvalue weighted by Gasteiger charge is 2.32. The third-order valence-corrected chi connectivity index (χ3v) is 3.98. The van der Waals surface area contributed by atoms with E-state index in [1.165, 1.54) is 0 Å². The summed E-state index contributed by atoms with van der Waals surface area (Å²) >= 11 is 0. The fourth-order valence-corrected chi connectivity index (χ4v) is 2.49. The van der Waals surface area contributed by atoms with Crippen LogP contribution < -0.4 is 5.73 Å². The van der Waals surface area contributed by atoms with Crippen molar-refractivity contribution in [3.63, 3.8) is 0 Å².